The first-order chi connectivity index (χ1) is 16.1. The highest BCUT2D eigenvalue weighted by Crippen LogP contribution is 2.34. The number of pyridine rings is 1. The summed E-state index contributed by atoms with van der Waals surface area (Å²) in [5.74, 6) is 1.30. The van der Waals surface area contributed by atoms with Crippen LogP contribution in [0.15, 0.2) is 53.3 Å². The number of nitrogens with one attached hydrogen (secondary N) is 1. The number of aromatic nitrogens is 4. The number of fused-ring (bicyclic) bond motifs is 1. The van der Waals surface area contributed by atoms with Crippen LogP contribution in [0.1, 0.15) is 30.3 Å². The minimum Gasteiger partial charge on any atom is -0.375 e. The second-order valence-corrected chi connectivity index (χ2v) is 8.28. The van der Waals surface area contributed by atoms with Gasteiger partial charge in [-0.3, -0.25) is 9.69 Å². The molecule has 0 radical (unpaired) electrons. The van der Waals surface area contributed by atoms with Gasteiger partial charge in [-0.1, -0.05) is 23.4 Å². The maximum Gasteiger partial charge on any atom is 0.251 e. The fourth-order valence-electron chi connectivity index (χ4n) is 4.46. The number of aryl methyl sites for hydroxylation is 1. The number of ether oxygens (including phenoxy) is 1. The smallest absolute Gasteiger partial charge is 0.251 e. The van der Waals surface area contributed by atoms with E-state index >= 15 is 0 Å². The van der Waals surface area contributed by atoms with Gasteiger partial charge in [0.25, 0.3) is 5.91 Å². The van der Waals surface area contributed by atoms with Gasteiger partial charge in [0.15, 0.2) is 0 Å². The Labute approximate surface area is 191 Å². The van der Waals surface area contributed by atoms with Crippen molar-refractivity contribution in [3.05, 3.63) is 60.2 Å². The average Bonchev–Trinajstić information content (AvgIpc) is 3.55. The molecule has 1 N–H and O–H groups in total. The lowest BCUT2D eigenvalue weighted by Crippen LogP contribution is -2.22. The summed E-state index contributed by atoms with van der Waals surface area (Å²) in [5, 5.41) is 8.13. The van der Waals surface area contributed by atoms with E-state index in [1.807, 2.05) is 6.07 Å². The molecule has 0 aliphatic carbocycles. The largest absolute Gasteiger partial charge is 0.375 e. The van der Waals surface area contributed by atoms with E-state index in [9.17, 15) is 4.79 Å². The zero-order valence-corrected chi connectivity index (χ0v) is 18.7. The molecule has 1 aromatic carbocycles. The number of nitrogens with zero attached hydrogens (tertiary/aromatic N) is 5. The van der Waals surface area contributed by atoms with Crippen molar-refractivity contribution in [3.8, 4) is 11.4 Å². The number of anilines is 1. The average molecular weight is 447 g/mol. The van der Waals surface area contributed by atoms with Crippen LogP contribution in [0, 0.1) is 0 Å². The molecule has 1 aliphatic heterocycles. The number of carbonyl (C=O) groups is 1. The fourth-order valence-corrected chi connectivity index (χ4v) is 4.46. The minimum atomic E-state index is -0.257. The van der Waals surface area contributed by atoms with E-state index in [2.05, 4.69) is 67.4 Å². The number of para-hydroxylation sites is 1. The SMILES string of the molecule is COCC(=O)Nc1ccc(-c2noc(C3CCCN3Cc3cn(C)c4ccccc34)n2)cn1. The maximum atomic E-state index is 11.6. The lowest BCUT2D eigenvalue weighted by atomic mass is 10.1. The molecule has 3 aromatic heterocycles. The second kappa shape index (κ2) is 9.13. The van der Waals surface area contributed by atoms with E-state index in [4.69, 9.17) is 9.26 Å². The topological polar surface area (TPSA) is 98.3 Å². The molecule has 0 bridgehead atoms. The third kappa shape index (κ3) is 4.37. The zero-order valence-electron chi connectivity index (χ0n) is 18.7. The highest BCUT2D eigenvalue weighted by Gasteiger charge is 2.31. The summed E-state index contributed by atoms with van der Waals surface area (Å²) in [6, 6.07) is 12.1. The van der Waals surface area contributed by atoms with Crippen LogP contribution in [0.25, 0.3) is 22.3 Å². The van der Waals surface area contributed by atoms with Crippen LogP contribution in [-0.2, 0) is 23.1 Å². The van der Waals surface area contributed by atoms with E-state index in [0.717, 1.165) is 31.5 Å². The number of methoxy groups -OCH3 is 1. The molecule has 4 aromatic rings. The number of rotatable bonds is 7. The zero-order chi connectivity index (χ0) is 22.8. The number of hydrogen-bond acceptors (Lipinski definition) is 7. The van der Waals surface area contributed by atoms with E-state index < -0.39 is 0 Å². The molecule has 0 spiro atoms. The molecule has 1 aliphatic rings. The number of benzene rings is 1. The van der Waals surface area contributed by atoms with Gasteiger partial charge in [-0.05, 0) is 43.1 Å². The van der Waals surface area contributed by atoms with E-state index in [1.165, 1.54) is 23.6 Å². The van der Waals surface area contributed by atoms with Gasteiger partial charge >= 0.3 is 0 Å². The third-order valence-corrected chi connectivity index (χ3v) is 6.01. The van der Waals surface area contributed by atoms with Gasteiger partial charge < -0.3 is 19.1 Å². The predicted molar refractivity (Wildman–Crippen MR) is 123 cm³/mol. The lowest BCUT2D eigenvalue weighted by molar-refractivity contribution is -0.119. The molecule has 5 rings (SSSR count). The summed E-state index contributed by atoms with van der Waals surface area (Å²) in [4.78, 5) is 23.0. The van der Waals surface area contributed by atoms with Gasteiger partial charge in [0.05, 0.1) is 6.04 Å². The van der Waals surface area contributed by atoms with Gasteiger partial charge in [-0.15, -0.1) is 0 Å². The molecule has 33 heavy (non-hydrogen) atoms. The van der Waals surface area contributed by atoms with E-state index in [-0.39, 0.29) is 18.6 Å². The Morgan fingerprint density at radius 2 is 2.15 bits per heavy atom. The van der Waals surface area contributed by atoms with Crippen LogP contribution in [-0.4, -0.2) is 50.8 Å². The monoisotopic (exact) mass is 446 g/mol. The minimum absolute atomic E-state index is 0.0195. The van der Waals surface area contributed by atoms with Gasteiger partial charge in [0, 0.05) is 49.6 Å². The molecular weight excluding hydrogens is 420 g/mol. The van der Waals surface area contributed by atoms with Crippen molar-refractivity contribution in [3.63, 3.8) is 0 Å². The molecule has 1 amide bonds. The van der Waals surface area contributed by atoms with Crippen LogP contribution in [0.4, 0.5) is 5.82 Å². The predicted octanol–water partition coefficient (Wildman–Crippen LogP) is 3.55. The summed E-state index contributed by atoms with van der Waals surface area (Å²) >= 11 is 0. The van der Waals surface area contributed by atoms with Crippen LogP contribution in [0.5, 0.6) is 0 Å². The molecular formula is C24H26N6O3. The number of amides is 1. The summed E-state index contributed by atoms with van der Waals surface area (Å²) < 4.78 is 12.7. The molecule has 1 saturated heterocycles. The molecule has 9 heteroatoms. The molecule has 1 unspecified atom stereocenters. The summed E-state index contributed by atoms with van der Waals surface area (Å²) in [7, 11) is 3.55. The number of likely N-dealkylation sites (tertiary alicyclic amines) is 1. The van der Waals surface area contributed by atoms with Gasteiger partial charge in [0.1, 0.15) is 12.4 Å². The molecule has 9 nitrogen and oxygen atoms in total. The van der Waals surface area contributed by atoms with Crippen molar-refractivity contribution in [2.24, 2.45) is 7.05 Å². The van der Waals surface area contributed by atoms with Crippen molar-refractivity contribution in [2.45, 2.75) is 25.4 Å². The first kappa shape index (κ1) is 21.3. The molecule has 4 heterocycles. The Hall–Kier alpha value is -3.56. The standard InChI is InChI=1S/C24H26N6O3/c1-29-13-17(18-6-3-4-7-19(18)29)14-30-11-5-8-20(30)24-27-23(28-33-24)16-9-10-21(25-12-16)26-22(31)15-32-2/h3-4,6-7,9-10,12-13,20H,5,8,11,14-15H2,1-2H3,(H,25,26,31). The van der Waals surface area contributed by atoms with Crippen molar-refractivity contribution in [2.75, 3.05) is 25.6 Å². The first-order valence-electron chi connectivity index (χ1n) is 11.0. The van der Waals surface area contributed by atoms with Crippen molar-refractivity contribution >= 4 is 22.6 Å². The van der Waals surface area contributed by atoms with Crippen LogP contribution in [0.2, 0.25) is 0 Å². The van der Waals surface area contributed by atoms with Crippen LogP contribution in [0.3, 0.4) is 0 Å². The van der Waals surface area contributed by atoms with E-state index in [1.54, 1.807) is 12.3 Å². The maximum absolute atomic E-state index is 11.6. The van der Waals surface area contributed by atoms with Crippen molar-refractivity contribution < 1.29 is 14.1 Å². The highest BCUT2D eigenvalue weighted by molar-refractivity contribution is 5.90. The van der Waals surface area contributed by atoms with Crippen molar-refractivity contribution in [1.29, 1.82) is 0 Å². The Kier molecular flexibility index (Phi) is 5.89. The Morgan fingerprint density at radius 3 is 2.97 bits per heavy atom. The summed E-state index contributed by atoms with van der Waals surface area (Å²) in [6.07, 6.45) is 5.90. The van der Waals surface area contributed by atoms with Gasteiger partial charge in [-0.2, -0.15) is 4.98 Å². The Bertz CT molecular complexity index is 1260. The fraction of sp³-hybridized carbons (Fsp3) is 0.333. The van der Waals surface area contributed by atoms with Crippen molar-refractivity contribution in [1.82, 2.24) is 24.6 Å². The first-order valence-corrected chi connectivity index (χ1v) is 11.0. The summed E-state index contributed by atoms with van der Waals surface area (Å²) in [6.45, 7) is 1.80. The Balaban J connectivity index is 1.31. The molecule has 1 atom stereocenters. The normalized spacial score (nSPS) is 16.5. The number of hydrogen-bond donors (Lipinski definition) is 1. The Morgan fingerprint density at radius 1 is 1.27 bits per heavy atom. The molecule has 1 fully saturated rings. The van der Waals surface area contributed by atoms with Gasteiger partial charge in [0.2, 0.25) is 11.7 Å². The second-order valence-electron chi connectivity index (χ2n) is 8.28. The molecule has 0 saturated carbocycles. The highest BCUT2D eigenvalue weighted by atomic mass is 16.5. The quantitative estimate of drug-likeness (QED) is 0.464. The summed E-state index contributed by atoms with van der Waals surface area (Å²) in [5.41, 5.74) is 3.26. The number of carbonyl (C=O) groups excluding carboxylic acids is 1. The van der Waals surface area contributed by atoms with Gasteiger partial charge in [-0.25, -0.2) is 4.98 Å². The third-order valence-electron chi connectivity index (χ3n) is 6.01. The van der Waals surface area contributed by atoms with E-state index in [0.29, 0.717) is 17.5 Å². The van der Waals surface area contributed by atoms with Crippen LogP contribution >= 0.6 is 0 Å². The van der Waals surface area contributed by atoms with Crippen LogP contribution < -0.4 is 5.32 Å². The molecule has 170 valence electrons. The lowest BCUT2D eigenvalue weighted by Gasteiger charge is -2.21.